The number of fused-ring (bicyclic) bond motifs is 1. The van der Waals surface area contributed by atoms with E-state index in [2.05, 4.69) is 20.5 Å². The number of aromatic nitrogens is 3. The number of likely N-dealkylation sites (tertiary alicyclic amines) is 1. The molecule has 3 heterocycles. The first kappa shape index (κ1) is 22.5. The van der Waals surface area contributed by atoms with Crippen LogP contribution in [0.2, 0.25) is 5.02 Å². The lowest BCUT2D eigenvalue weighted by Gasteiger charge is -2.15. The van der Waals surface area contributed by atoms with Crippen LogP contribution in [0.1, 0.15) is 19.3 Å². The van der Waals surface area contributed by atoms with Crippen molar-refractivity contribution in [2.24, 2.45) is 0 Å². The van der Waals surface area contributed by atoms with Gasteiger partial charge in [0.25, 0.3) is 0 Å². The van der Waals surface area contributed by atoms with Crippen molar-refractivity contribution in [1.82, 2.24) is 19.9 Å². The molecule has 0 aliphatic carbocycles. The van der Waals surface area contributed by atoms with E-state index in [9.17, 15) is 4.39 Å². The van der Waals surface area contributed by atoms with Crippen LogP contribution < -0.4 is 10.6 Å². The molecule has 4 aromatic rings. The maximum atomic E-state index is 13.7. The molecule has 0 bridgehead atoms. The quantitative estimate of drug-likeness (QED) is 0.298. The van der Waals surface area contributed by atoms with Gasteiger partial charge in [0.15, 0.2) is 5.82 Å². The van der Waals surface area contributed by atoms with E-state index < -0.39 is 5.82 Å². The second-order valence-electron chi connectivity index (χ2n) is 8.45. The molecule has 6 nitrogen and oxygen atoms in total. The van der Waals surface area contributed by atoms with E-state index in [1.165, 1.54) is 32.0 Å². The molecule has 0 unspecified atom stereocenters. The first-order chi connectivity index (χ1) is 16.7. The highest BCUT2D eigenvalue weighted by molar-refractivity contribution is 6.31. The molecule has 1 aliphatic heterocycles. The van der Waals surface area contributed by atoms with Gasteiger partial charge in [0, 0.05) is 41.3 Å². The van der Waals surface area contributed by atoms with Crippen LogP contribution in [-0.2, 0) is 0 Å². The number of benzene rings is 2. The molecular formula is C26H26ClFN6. The molecule has 0 radical (unpaired) electrons. The Bertz CT molecular complexity index is 1280. The van der Waals surface area contributed by atoms with Gasteiger partial charge < -0.3 is 15.5 Å². The summed E-state index contributed by atoms with van der Waals surface area (Å²) < 4.78 is 13.7. The van der Waals surface area contributed by atoms with Crippen molar-refractivity contribution in [2.45, 2.75) is 19.3 Å². The first-order valence-electron chi connectivity index (χ1n) is 11.6. The summed E-state index contributed by atoms with van der Waals surface area (Å²) in [7, 11) is 0. The molecule has 2 N–H and O–H groups in total. The molecule has 2 aromatic heterocycles. The lowest BCUT2D eigenvalue weighted by atomic mass is 10.1. The van der Waals surface area contributed by atoms with Gasteiger partial charge in [-0.25, -0.2) is 14.4 Å². The summed E-state index contributed by atoms with van der Waals surface area (Å²) in [6.07, 6.45) is 7.16. The van der Waals surface area contributed by atoms with Crippen molar-refractivity contribution in [2.75, 3.05) is 36.8 Å². The normalized spacial score (nSPS) is 13.9. The van der Waals surface area contributed by atoms with Crippen molar-refractivity contribution >= 4 is 39.7 Å². The SMILES string of the molecule is Fc1ccc(Nc2nc(-c3cccnc3)nc3ccc(NCCCN4CCCC4)cc23)cc1Cl. The van der Waals surface area contributed by atoms with Gasteiger partial charge in [0.2, 0.25) is 0 Å². The highest BCUT2D eigenvalue weighted by atomic mass is 35.5. The van der Waals surface area contributed by atoms with Gasteiger partial charge in [-0.3, -0.25) is 4.98 Å². The van der Waals surface area contributed by atoms with Crippen molar-refractivity contribution in [3.8, 4) is 11.4 Å². The fraction of sp³-hybridized carbons (Fsp3) is 0.269. The van der Waals surface area contributed by atoms with E-state index in [1.54, 1.807) is 24.5 Å². The Morgan fingerprint density at radius 2 is 1.85 bits per heavy atom. The largest absolute Gasteiger partial charge is 0.385 e. The zero-order valence-electron chi connectivity index (χ0n) is 18.8. The van der Waals surface area contributed by atoms with E-state index in [1.807, 2.05) is 30.3 Å². The predicted octanol–water partition coefficient (Wildman–Crippen LogP) is 6.13. The molecule has 34 heavy (non-hydrogen) atoms. The maximum absolute atomic E-state index is 13.7. The minimum absolute atomic E-state index is 0.0520. The number of hydrogen-bond donors (Lipinski definition) is 2. The molecule has 5 rings (SSSR count). The summed E-state index contributed by atoms with van der Waals surface area (Å²) in [5.41, 5.74) is 3.26. The van der Waals surface area contributed by atoms with Crippen LogP contribution in [0.5, 0.6) is 0 Å². The molecule has 0 saturated carbocycles. The average Bonchev–Trinajstić information content (AvgIpc) is 3.38. The number of pyridine rings is 1. The number of anilines is 3. The third-order valence-electron chi connectivity index (χ3n) is 5.98. The number of halogens is 2. The van der Waals surface area contributed by atoms with Crippen LogP contribution in [0, 0.1) is 5.82 Å². The van der Waals surface area contributed by atoms with Crippen molar-refractivity contribution in [1.29, 1.82) is 0 Å². The standard InChI is InChI=1S/C26H26ClFN6/c27-22-16-20(6-8-23(22)28)31-26-21-15-19(30-11-4-14-34-12-1-2-13-34)7-9-24(21)32-25(33-26)18-5-3-10-29-17-18/h3,5-10,15-17,30H,1-2,4,11-14H2,(H,31,32,33). The highest BCUT2D eigenvalue weighted by Crippen LogP contribution is 2.30. The Kier molecular flexibility index (Phi) is 6.83. The summed E-state index contributed by atoms with van der Waals surface area (Å²) in [6.45, 7) is 4.45. The smallest absolute Gasteiger partial charge is 0.163 e. The monoisotopic (exact) mass is 476 g/mol. The van der Waals surface area contributed by atoms with Gasteiger partial charge in [0.05, 0.1) is 10.5 Å². The lowest BCUT2D eigenvalue weighted by Crippen LogP contribution is -2.22. The van der Waals surface area contributed by atoms with E-state index >= 15 is 0 Å². The minimum atomic E-state index is -0.462. The molecular weight excluding hydrogens is 451 g/mol. The van der Waals surface area contributed by atoms with Crippen LogP contribution in [0.3, 0.4) is 0 Å². The van der Waals surface area contributed by atoms with Gasteiger partial charge in [-0.15, -0.1) is 0 Å². The number of hydrogen-bond acceptors (Lipinski definition) is 6. The second kappa shape index (κ2) is 10.3. The molecule has 2 aromatic carbocycles. The maximum Gasteiger partial charge on any atom is 0.163 e. The molecule has 0 amide bonds. The Morgan fingerprint density at radius 1 is 1.00 bits per heavy atom. The van der Waals surface area contributed by atoms with Gasteiger partial charge in [-0.1, -0.05) is 11.6 Å². The summed E-state index contributed by atoms with van der Waals surface area (Å²) in [5.74, 6) is 0.714. The second-order valence-corrected chi connectivity index (χ2v) is 8.86. The first-order valence-corrected chi connectivity index (χ1v) is 11.9. The fourth-order valence-corrected chi connectivity index (χ4v) is 4.39. The summed E-state index contributed by atoms with van der Waals surface area (Å²) in [6, 6.07) is 14.4. The van der Waals surface area contributed by atoms with Crippen molar-refractivity contribution in [3.05, 3.63) is 71.8 Å². The van der Waals surface area contributed by atoms with Gasteiger partial charge in [-0.2, -0.15) is 0 Å². The Labute approximate surface area is 203 Å². The van der Waals surface area contributed by atoms with Crippen LogP contribution in [0.15, 0.2) is 60.9 Å². The zero-order chi connectivity index (χ0) is 23.3. The third kappa shape index (κ3) is 5.26. The zero-order valence-corrected chi connectivity index (χ0v) is 19.5. The molecule has 1 aliphatic rings. The predicted molar refractivity (Wildman–Crippen MR) is 136 cm³/mol. The van der Waals surface area contributed by atoms with Gasteiger partial charge in [-0.05, 0) is 87.4 Å². The van der Waals surface area contributed by atoms with E-state index in [0.29, 0.717) is 17.3 Å². The Hall–Kier alpha value is -3.29. The van der Waals surface area contributed by atoms with Crippen LogP contribution in [0.4, 0.5) is 21.6 Å². The van der Waals surface area contributed by atoms with Crippen LogP contribution in [-0.4, -0.2) is 46.0 Å². The van der Waals surface area contributed by atoms with E-state index in [-0.39, 0.29) is 5.02 Å². The molecule has 1 fully saturated rings. The molecule has 1 saturated heterocycles. The molecule has 174 valence electrons. The number of nitrogens with zero attached hydrogens (tertiary/aromatic N) is 4. The van der Waals surface area contributed by atoms with Crippen molar-refractivity contribution < 1.29 is 4.39 Å². The van der Waals surface area contributed by atoms with Gasteiger partial charge in [0.1, 0.15) is 11.6 Å². The summed E-state index contributed by atoms with van der Waals surface area (Å²) >= 11 is 6.00. The Morgan fingerprint density at radius 3 is 2.65 bits per heavy atom. The number of rotatable bonds is 8. The van der Waals surface area contributed by atoms with Crippen molar-refractivity contribution in [3.63, 3.8) is 0 Å². The Balaban J connectivity index is 1.43. The topological polar surface area (TPSA) is 66.0 Å². The minimum Gasteiger partial charge on any atom is -0.385 e. The van der Waals surface area contributed by atoms with E-state index in [0.717, 1.165) is 41.7 Å². The van der Waals surface area contributed by atoms with Crippen LogP contribution >= 0.6 is 11.6 Å². The fourth-order valence-electron chi connectivity index (χ4n) is 4.21. The van der Waals surface area contributed by atoms with Crippen LogP contribution in [0.25, 0.3) is 22.3 Å². The molecule has 0 atom stereocenters. The summed E-state index contributed by atoms with van der Waals surface area (Å²) in [5, 5.41) is 7.73. The lowest BCUT2D eigenvalue weighted by molar-refractivity contribution is 0.337. The molecule has 0 spiro atoms. The highest BCUT2D eigenvalue weighted by Gasteiger charge is 2.13. The molecule has 8 heteroatoms. The number of nitrogens with one attached hydrogen (secondary N) is 2. The van der Waals surface area contributed by atoms with E-state index in [4.69, 9.17) is 21.6 Å². The third-order valence-corrected chi connectivity index (χ3v) is 6.27. The average molecular weight is 477 g/mol. The summed E-state index contributed by atoms with van der Waals surface area (Å²) in [4.78, 5) is 16.2. The van der Waals surface area contributed by atoms with Gasteiger partial charge >= 0.3 is 0 Å².